The molecule has 0 saturated carbocycles. The van der Waals surface area contributed by atoms with Crippen LogP contribution in [0.2, 0.25) is 0 Å². The Bertz CT molecular complexity index is 1190. The summed E-state index contributed by atoms with van der Waals surface area (Å²) in [4.78, 5) is 37.3. The number of amides is 1. The Hall–Kier alpha value is -3.61. The molecule has 32 heavy (non-hydrogen) atoms. The second-order valence-corrected chi connectivity index (χ2v) is 8.69. The van der Waals surface area contributed by atoms with Gasteiger partial charge in [0.2, 0.25) is 0 Å². The Morgan fingerprint density at radius 2 is 1.75 bits per heavy atom. The first-order valence-corrected chi connectivity index (χ1v) is 10.3. The summed E-state index contributed by atoms with van der Waals surface area (Å²) < 4.78 is 16.3. The predicted molar refractivity (Wildman–Crippen MR) is 121 cm³/mol. The fourth-order valence-electron chi connectivity index (χ4n) is 3.33. The van der Waals surface area contributed by atoms with E-state index in [0.29, 0.717) is 16.5 Å². The fraction of sp³-hybridized carbons (Fsp3) is 0.320. The van der Waals surface area contributed by atoms with Crippen molar-refractivity contribution in [3.05, 3.63) is 75.6 Å². The molecule has 1 atom stereocenters. The van der Waals surface area contributed by atoms with Gasteiger partial charge >= 0.3 is 17.7 Å². The van der Waals surface area contributed by atoms with Crippen LogP contribution in [0.4, 0.5) is 4.79 Å². The summed E-state index contributed by atoms with van der Waals surface area (Å²) >= 11 is 0. The van der Waals surface area contributed by atoms with Crippen LogP contribution in [0.1, 0.15) is 37.5 Å². The topological polar surface area (TPSA) is 94.8 Å². The molecule has 0 aliphatic rings. The van der Waals surface area contributed by atoms with Gasteiger partial charge in [-0.3, -0.25) is 0 Å². The molecule has 0 radical (unpaired) electrons. The van der Waals surface area contributed by atoms with Gasteiger partial charge in [0.1, 0.15) is 23.0 Å². The van der Waals surface area contributed by atoms with Crippen LogP contribution in [0, 0.1) is 13.8 Å². The summed E-state index contributed by atoms with van der Waals surface area (Å²) in [5.41, 5.74) is 1.37. The second-order valence-electron chi connectivity index (χ2n) is 8.69. The summed E-state index contributed by atoms with van der Waals surface area (Å²) in [5.74, 6) is -0.396. The van der Waals surface area contributed by atoms with E-state index >= 15 is 0 Å². The number of fused-ring (bicyclic) bond motifs is 1. The maximum Gasteiger partial charge on any atom is 0.408 e. The van der Waals surface area contributed by atoms with E-state index in [1.165, 1.54) is 6.07 Å². The molecule has 3 aromatic rings. The second kappa shape index (κ2) is 9.26. The Kier molecular flexibility index (Phi) is 6.67. The average Bonchev–Trinajstić information content (AvgIpc) is 2.65. The fourth-order valence-corrected chi connectivity index (χ4v) is 3.33. The van der Waals surface area contributed by atoms with Crippen LogP contribution in [0.25, 0.3) is 11.0 Å². The molecule has 1 amide bonds. The number of esters is 1. The molecule has 1 heterocycles. The van der Waals surface area contributed by atoms with Gasteiger partial charge in [-0.25, -0.2) is 14.4 Å². The standard InChI is InChI=1S/C25H27NO6/c1-15-11-19-22(16(2)13-21(27)30-19)20(12-15)31-23(28)18(14-17-9-7-6-8-10-17)26-24(29)32-25(3,4)5/h6-13,18H,14H2,1-5H3,(H,26,29). The van der Waals surface area contributed by atoms with Crippen LogP contribution in [-0.4, -0.2) is 23.7 Å². The number of ether oxygens (including phenoxy) is 2. The molecule has 7 heteroatoms. The van der Waals surface area contributed by atoms with Crippen molar-refractivity contribution < 1.29 is 23.5 Å². The molecule has 0 bridgehead atoms. The highest BCUT2D eigenvalue weighted by Gasteiger charge is 2.27. The zero-order valence-electron chi connectivity index (χ0n) is 18.9. The highest BCUT2D eigenvalue weighted by molar-refractivity contribution is 5.91. The number of aryl methyl sites for hydroxylation is 2. The van der Waals surface area contributed by atoms with Gasteiger partial charge < -0.3 is 19.2 Å². The summed E-state index contributed by atoms with van der Waals surface area (Å²) in [7, 11) is 0. The number of carbonyl (C=O) groups is 2. The van der Waals surface area contributed by atoms with Crippen molar-refractivity contribution in [2.24, 2.45) is 0 Å². The van der Waals surface area contributed by atoms with E-state index in [9.17, 15) is 14.4 Å². The van der Waals surface area contributed by atoms with Crippen LogP contribution >= 0.6 is 0 Å². The Morgan fingerprint density at radius 3 is 2.41 bits per heavy atom. The van der Waals surface area contributed by atoms with Gasteiger partial charge in [-0.2, -0.15) is 0 Å². The van der Waals surface area contributed by atoms with Crippen molar-refractivity contribution in [2.45, 2.75) is 52.7 Å². The van der Waals surface area contributed by atoms with Crippen LogP contribution < -0.4 is 15.7 Å². The largest absolute Gasteiger partial charge is 0.444 e. The normalized spacial score (nSPS) is 12.3. The van der Waals surface area contributed by atoms with Gasteiger partial charge in [-0.15, -0.1) is 0 Å². The van der Waals surface area contributed by atoms with E-state index in [1.54, 1.807) is 46.8 Å². The number of hydrogen-bond donors (Lipinski definition) is 1. The van der Waals surface area contributed by atoms with Crippen LogP contribution in [0.5, 0.6) is 5.75 Å². The number of carbonyl (C=O) groups excluding carboxylic acids is 2. The van der Waals surface area contributed by atoms with Crippen molar-refractivity contribution >= 4 is 23.0 Å². The van der Waals surface area contributed by atoms with Gasteiger partial charge in [0.05, 0.1) is 5.39 Å². The third-order valence-corrected chi connectivity index (χ3v) is 4.62. The Labute approximate surface area is 186 Å². The zero-order valence-corrected chi connectivity index (χ0v) is 18.9. The van der Waals surface area contributed by atoms with Gasteiger partial charge in [0.25, 0.3) is 0 Å². The lowest BCUT2D eigenvalue weighted by Crippen LogP contribution is -2.46. The maximum atomic E-state index is 13.2. The van der Waals surface area contributed by atoms with Gasteiger partial charge in [-0.05, 0) is 63.4 Å². The number of rotatable bonds is 5. The summed E-state index contributed by atoms with van der Waals surface area (Å²) in [5, 5.41) is 3.15. The first-order chi connectivity index (χ1) is 15.0. The lowest BCUT2D eigenvalue weighted by molar-refractivity contribution is -0.136. The van der Waals surface area contributed by atoms with Crippen LogP contribution in [0.15, 0.2) is 57.7 Å². The van der Waals surface area contributed by atoms with Crippen molar-refractivity contribution in [3.8, 4) is 5.75 Å². The first kappa shape index (κ1) is 23.1. The van der Waals surface area contributed by atoms with Crippen molar-refractivity contribution in [1.82, 2.24) is 5.32 Å². The van der Waals surface area contributed by atoms with Gasteiger partial charge in [0.15, 0.2) is 0 Å². The van der Waals surface area contributed by atoms with E-state index in [0.717, 1.165) is 11.1 Å². The lowest BCUT2D eigenvalue weighted by Gasteiger charge is -2.23. The number of nitrogens with one attached hydrogen (secondary N) is 1. The van der Waals surface area contributed by atoms with Crippen molar-refractivity contribution in [1.29, 1.82) is 0 Å². The molecule has 1 N–H and O–H groups in total. The van der Waals surface area contributed by atoms with Gasteiger partial charge in [0, 0.05) is 12.5 Å². The number of hydrogen-bond acceptors (Lipinski definition) is 6. The molecule has 3 rings (SSSR count). The van der Waals surface area contributed by atoms with E-state index in [1.807, 2.05) is 30.3 Å². The van der Waals surface area contributed by atoms with E-state index in [2.05, 4.69) is 5.32 Å². The summed E-state index contributed by atoms with van der Waals surface area (Å²) in [6, 6.07) is 13.1. The van der Waals surface area contributed by atoms with Crippen LogP contribution in [0.3, 0.4) is 0 Å². The minimum Gasteiger partial charge on any atom is -0.444 e. The Morgan fingerprint density at radius 1 is 1.06 bits per heavy atom. The molecule has 2 aromatic carbocycles. The lowest BCUT2D eigenvalue weighted by atomic mass is 10.1. The predicted octanol–water partition coefficient (Wildman–Crippen LogP) is 4.45. The number of alkyl carbamates (subject to hydrolysis) is 1. The van der Waals surface area contributed by atoms with Crippen LogP contribution in [-0.2, 0) is 16.0 Å². The monoisotopic (exact) mass is 437 g/mol. The Balaban J connectivity index is 1.92. The minimum absolute atomic E-state index is 0.219. The van der Waals surface area contributed by atoms with E-state index in [4.69, 9.17) is 13.9 Å². The molecule has 0 aliphatic heterocycles. The third kappa shape index (κ3) is 5.97. The molecule has 168 valence electrons. The molecule has 1 aromatic heterocycles. The molecule has 7 nitrogen and oxygen atoms in total. The average molecular weight is 437 g/mol. The molecule has 0 saturated heterocycles. The SMILES string of the molecule is Cc1cc(OC(=O)C(Cc2ccccc2)NC(=O)OC(C)(C)C)c2c(C)cc(=O)oc2c1. The van der Waals surface area contributed by atoms with E-state index < -0.39 is 29.3 Å². The highest BCUT2D eigenvalue weighted by Crippen LogP contribution is 2.30. The summed E-state index contributed by atoms with van der Waals surface area (Å²) in [6.45, 7) is 8.78. The molecule has 0 aliphatic carbocycles. The zero-order chi connectivity index (χ0) is 23.5. The van der Waals surface area contributed by atoms with Crippen molar-refractivity contribution in [3.63, 3.8) is 0 Å². The smallest absolute Gasteiger partial charge is 0.408 e. The van der Waals surface area contributed by atoms with E-state index in [-0.39, 0.29) is 12.2 Å². The highest BCUT2D eigenvalue weighted by atomic mass is 16.6. The molecule has 0 spiro atoms. The molecule has 1 unspecified atom stereocenters. The minimum atomic E-state index is -0.987. The number of benzene rings is 2. The van der Waals surface area contributed by atoms with Gasteiger partial charge in [-0.1, -0.05) is 30.3 Å². The summed E-state index contributed by atoms with van der Waals surface area (Å²) in [6.07, 6.45) is -0.497. The third-order valence-electron chi connectivity index (χ3n) is 4.62. The molecular formula is C25H27NO6. The van der Waals surface area contributed by atoms with Crippen molar-refractivity contribution in [2.75, 3.05) is 0 Å². The first-order valence-electron chi connectivity index (χ1n) is 10.3. The maximum absolute atomic E-state index is 13.2. The quantitative estimate of drug-likeness (QED) is 0.360. The molecule has 0 fully saturated rings. The molecular weight excluding hydrogens is 410 g/mol.